The average molecular weight is 301 g/mol. The van der Waals surface area contributed by atoms with Gasteiger partial charge in [-0.3, -0.25) is 4.79 Å². The third-order valence-corrected chi connectivity index (χ3v) is 2.83. The normalized spacial score (nSPS) is 11.1. The number of aromatic hydroxyl groups is 1. The van der Waals surface area contributed by atoms with Crippen molar-refractivity contribution >= 4 is 29.8 Å². The SMILES string of the molecule is O=C(/C=C/c1ccc(Cl)cc1)N/N=C\c1ccc(O)cc1. The number of hydrogen-bond donors (Lipinski definition) is 2. The van der Waals surface area contributed by atoms with Gasteiger partial charge in [-0.2, -0.15) is 5.10 Å². The summed E-state index contributed by atoms with van der Waals surface area (Å²) in [7, 11) is 0. The van der Waals surface area contributed by atoms with E-state index in [4.69, 9.17) is 16.7 Å². The van der Waals surface area contributed by atoms with Gasteiger partial charge in [-0.15, -0.1) is 0 Å². The van der Waals surface area contributed by atoms with E-state index in [0.29, 0.717) is 5.02 Å². The minimum absolute atomic E-state index is 0.182. The lowest BCUT2D eigenvalue weighted by atomic mass is 10.2. The van der Waals surface area contributed by atoms with Gasteiger partial charge in [-0.25, -0.2) is 5.43 Å². The molecular weight excluding hydrogens is 288 g/mol. The standard InChI is InChI=1S/C16H13ClN2O2/c17-14-6-1-12(2-7-14)5-10-16(21)19-18-11-13-3-8-15(20)9-4-13/h1-11,20H,(H,19,21)/b10-5+,18-11-. The van der Waals surface area contributed by atoms with Gasteiger partial charge < -0.3 is 5.11 Å². The molecule has 0 spiro atoms. The maximum absolute atomic E-state index is 11.5. The lowest BCUT2D eigenvalue weighted by molar-refractivity contribution is -0.116. The molecule has 1 amide bonds. The molecule has 0 radical (unpaired) electrons. The van der Waals surface area contributed by atoms with Crippen LogP contribution in [0.5, 0.6) is 5.75 Å². The van der Waals surface area contributed by atoms with Gasteiger partial charge in [0.05, 0.1) is 6.21 Å². The Morgan fingerprint density at radius 1 is 1.05 bits per heavy atom. The molecule has 106 valence electrons. The summed E-state index contributed by atoms with van der Waals surface area (Å²) >= 11 is 5.77. The Morgan fingerprint density at radius 3 is 2.33 bits per heavy atom. The molecule has 0 heterocycles. The van der Waals surface area contributed by atoms with Crippen molar-refractivity contribution in [2.24, 2.45) is 5.10 Å². The molecule has 0 aliphatic carbocycles. The molecule has 0 aliphatic rings. The number of phenolic OH excluding ortho intramolecular Hbond substituents is 1. The first-order valence-corrected chi connectivity index (χ1v) is 6.57. The highest BCUT2D eigenvalue weighted by atomic mass is 35.5. The van der Waals surface area contributed by atoms with Gasteiger partial charge in [-0.05, 0) is 53.6 Å². The van der Waals surface area contributed by atoms with Gasteiger partial charge in [-0.1, -0.05) is 23.7 Å². The summed E-state index contributed by atoms with van der Waals surface area (Å²) in [6.45, 7) is 0. The summed E-state index contributed by atoms with van der Waals surface area (Å²) in [5.74, 6) is -0.151. The Hall–Kier alpha value is -2.59. The highest BCUT2D eigenvalue weighted by Crippen LogP contribution is 2.10. The fourth-order valence-electron chi connectivity index (χ4n) is 1.51. The highest BCUT2D eigenvalue weighted by Gasteiger charge is 1.93. The van der Waals surface area contributed by atoms with Crippen LogP contribution in [0.2, 0.25) is 5.02 Å². The molecule has 2 aromatic carbocycles. The van der Waals surface area contributed by atoms with Gasteiger partial charge in [0.1, 0.15) is 5.75 Å². The number of amides is 1. The van der Waals surface area contributed by atoms with Crippen molar-refractivity contribution < 1.29 is 9.90 Å². The number of hydrogen-bond acceptors (Lipinski definition) is 3. The van der Waals surface area contributed by atoms with Gasteiger partial charge in [0, 0.05) is 11.1 Å². The predicted molar refractivity (Wildman–Crippen MR) is 84.3 cm³/mol. The van der Waals surface area contributed by atoms with E-state index in [0.717, 1.165) is 11.1 Å². The number of rotatable bonds is 4. The van der Waals surface area contributed by atoms with Crippen LogP contribution in [0.15, 0.2) is 59.7 Å². The highest BCUT2D eigenvalue weighted by molar-refractivity contribution is 6.30. The maximum Gasteiger partial charge on any atom is 0.264 e. The molecule has 2 N–H and O–H groups in total. The van der Waals surface area contributed by atoms with Crippen molar-refractivity contribution in [3.8, 4) is 5.75 Å². The number of phenols is 1. The van der Waals surface area contributed by atoms with E-state index in [1.165, 1.54) is 12.3 Å². The number of benzene rings is 2. The van der Waals surface area contributed by atoms with E-state index in [9.17, 15) is 4.79 Å². The fourth-order valence-corrected chi connectivity index (χ4v) is 1.64. The molecule has 0 saturated heterocycles. The second-order valence-electron chi connectivity index (χ2n) is 4.21. The molecule has 0 aromatic heterocycles. The third-order valence-electron chi connectivity index (χ3n) is 2.58. The van der Waals surface area contributed by atoms with Crippen molar-refractivity contribution in [1.29, 1.82) is 0 Å². The van der Waals surface area contributed by atoms with E-state index >= 15 is 0 Å². The topological polar surface area (TPSA) is 61.7 Å². The summed E-state index contributed by atoms with van der Waals surface area (Å²) in [4.78, 5) is 11.5. The van der Waals surface area contributed by atoms with Crippen LogP contribution < -0.4 is 5.43 Å². The van der Waals surface area contributed by atoms with Crippen molar-refractivity contribution in [3.05, 3.63) is 70.8 Å². The van der Waals surface area contributed by atoms with Crippen LogP contribution in [0.25, 0.3) is 6.08 Å². The molecule has 0 bridgehead atoms. The van der Waals surface area contributed by atoms with Gasteiger partial charge in [0.25, 0.3) is 5.91 Å². The van der Waals surface area contributed by atoms with Crippen LogP contribution in [-0.4, -0.2) is 17.2 Å². The van der Waals surface area contributed by atoms with E-state index in [-0.39, 0.29) is 11.7 Å². The first kappa shape index (κ1) is 14.8. The molecule has 21 heavy (non-hydrogen) atoms. The van der Waals surface area contributed by atoms with E-state index in [1.54, 1.807) is 42.5 Å². The summed E-state index contributed by atoms with van der Waals surface area (Å²) in [6.07, 6.45) is 4.55. The molecule has 2 rings (SSSR count). The molecule has 4 nitrogen and oxygen atoms in total. The van der Waals surface area contributed by atoms with Gasteiger partial charge >= 0.3 is 0 Å². The number of hydrazone groups is 1. The first-order valence-electron chi connectivity index (χ1n) is 6.19. The monoisotopic (exact) mass is 300 g/mol. The molecule has 2 aromatic rings. The summed E-state index contributed by atoms with van der Waals surface area (Å²) < 4.78 is 0. The average Bonchev–Trinajstić information content (AvgIpc) is 2.49. The molecule has 0 atom stereocenters. The number of carbonyl (C=O) groups is 1. The van der Waals surface area contributed by atoms with Crippen LogP contribution in [0, 0.1) is 0 Å². The van der Waals surface area contributed by atoms with E-state index in [1.807, 2.05) is 12.1 Å². The largest absolute Gasteiger partial charge is 0.508 e. The lowest BCUT2D eigenvalue weighted by Crippen LogP contribution is -2.14. The van der Waals surface area contributed by atoms with Crippen molar-refractivity contribution in [1.82, 2.24) is 5.43 Å². The fraction of sp³-hybridized carbons (Fsp3) is 0. The maximum atomic E-state index is 11.5. The minimum Gasteiger partial charge on any atom is -0.508 e. The van der Waals surface area contributed by atoms with Crippen LogP contribution in [-0.2, 0) is 4.79 Å². The zero-order valence-electron chi connectivity index (χ0n) is 11.0. The molecular formula is C16H13ClN2O2. The molecule has 5 heteroatoms. The quantitative estimate of drug-likeness (QED) is 0.517. The number of carbonyl (C=O) groups excluding carboxylic acids is 1. The van der Waals surface area contributed by atoms with Crippen LogP contribution in [0.4, 0.5) is 0 Å². The zero-order chi connectivity index (χ0) is 15.1. The molecule has 0 saturated carbocycles. The van der Waals surface area contributed by atoms with Crippen molar-refractivity contribution in [2.45, 2.75) is 0 Å². The first-order chi connectivity index (χ1) is 10.1. The van der Waals surface area contributed by atoms with Crippen molar-refractivity contribution in [3.63, 3.8) is 0 Å². The van der Waals surface area contributed by atoms with Crippen LogP contribution >= 0.6 is 11.6 Å². The second kappa shape index (κ2) is 7.26. The number of nitrogens with one attached hydrogen (secondary N) is 1. The Bertz CT molecular complexity index is 662. The Balaban J connectivity index is 1.87. The zero-order valence-corrected chi connectivity index (χ0v) is 11.8. The summed E-state index contributed by atoms with van der Waals surface area (Å²) in [5.41, 5.74) is 4.03. The van der Waals surface area contributed by atoms with Crippen molar-refractivity contribution in [2.75, 3.05) is 0 Å². The third kappa shape index (κ3) is 5.12. The minimum atomic E-state index is -0.333. The Labute approximate surface area is 127 Å². The summed E-state index contributed by atoms with van der Waals surface area (Å²) in [5, 5.41) is 13.6. The lowest BCUT2D eigenvalue weighted by Gasteiger charge is -1.96. The van der Waals surface area contributed by atoms with Gasteiger partial charge in [0.2, 0.25) is 0 Å². The van der Waals surface area contributed by atoms with Crippen LogP contribution in [0.3, 0.4) is 0 Å². The van der Waals surface area contributed by atoms with E-state index in [2.05, 4.69) is 10.5 Å². The molecule has 0 fully saturated rings. The van der Waals surface area contributed by atoms with Gasteiger partial charge in [0.15, 0.2) is 0 Å². The Kier molecular flexibility index (Phi) is 5.12. The number of halogens is 1. The Morgan fingerprint density at radius 2 is 1.67 bits per heavy atom. The second-order valence-corrected chi connectivity index (χ2v) is 4.65. The molecule has 0 aliphatic heterocycles. The predicted octanol–water partition coefficient (Wildman–Crippen LogP) is 3.21. The smallest absolute Gasteiger partial charge is 0.264 e. The van der Waals surface area contributed by atoms with Crippen LogP contribution in [0.1, 0.15) is 11.1 Å². The summed E-state index contributed by atoms with van der Waals surface area (Å²) in [6, 6.07) is 13.6. The molecule has 0 unspecified atom stereocenters. The number of nitrogens with zero attached hydrogens (tertiary/aromatic N) is 1. The van der Waals surface area contributed by atoms with E-state index < -0.39 is 0 Å².